The second kappa shape index (κ2) is 9.45. The molecule has 8 heteroatoms. The van der Waals surface area contributed by atoms with Crippen LogP contribution in [-0.2, 0) is 18.1 Å². The van der Waals surface area contributed by atoms with Gasteiger partial charge in [0, 0.05) is 42.3 Å². The third-order valence-electron chi connectivity index (χ3n) is 5.12. The van der Waals surface area contributed by atoms with Crippen molar-refractivity contribution in [2.45, 2.75) is 37.7 Å². The molecule has 0 aliphatic heterocycles. The molecule has 6 nitrogen and oxygen atoms in total. The maximum Gasteiger partial charge on any atom is 0.191 e. The van der Waals surface area contributed by atoms with Gasteiger partial charge in [-0.25, -0.2) is 4.99 Å². The second-order valence-corrected chi connectivity index (χ2v) is 7.95. The summed E-state index contributed by atoms with van der Waals surface area (Å²) >= 11 is 6.01. The van der Waals surface area contributed by atoms with E-state index in [9.17, 15) is 5.11 Å². The SMILES string of the molecule is CCNC(=NCC(C)(O)c1cnn(C)c1)NCC1(c2ccc(Cl)cc2)CC1.I. The van der Waals surface area contributed by atoms with Crippen LogP contribution in [-0.4, -0.2) is 40.5 Å². The Labute approximate surface area is 188 Å². The Morgan fingerprint density at radius 1 is 1.32 bits per heavy atom. The van der Waals surface area contributed by atoms with Crippen molar-refractivity contribution >= 4 is 41.5 Å². The largest absolute Gasteiger partial charge is 0.383 e. The van der Waals surface area contributed by atoms with Gasteiger partial charge in [0.05, 0.1) is 12.7 Å². The molecular weight excluding hydrogens is 489 g/mol. The molecule has 1 fully saturated rings. The summed E-state index contributed by atoms with van der Waals surface area (Å²) in [7, 11) is 1.83. The molecule has 1 aromatic carbocycles. The van der Waals surface area contributed by atoms with Gasteiger partial charge in [-0.05, 0) is 44.4 Å². The highest BCUT2D eigenvalue weighted by Crippen LogP contribution is 2.47. The molecule has 3 rings (SSSR count). The summed E-state index contributed by atoms with van der Waals surface area (Å²) in [6.45, 7) is 5.60. The van der Waals surface area contributed by atoms with Crippen molar-refractivity contribution in [1.82, 2.24) is 20.4 Å². The van der Waals surface area contributed by atoms with Crippen LogP contribution >= 0.6 is 35.6 Å². The van der Waals surface area contributed by atoms with Gasteiger partial charge in [-0.3, -0.25) is 4.68 Å². The number of hydrogen-bond donors (Lipinski definition) is 3. The third kappa shape index (κ3) is 5.61. The minimum absolute atomic E-state index is 0. The monoisotopic (exact) mass is 517 g/mol. The molecule has 1 aromatic heterocycles. The van der Waals surface area contributed by atoms with Crippen LogP contribution in [0.1, 0.15) is 37.8 Å². The van der Waals surface area contributed by atoms with Crippen LogP contribution < -0.4 is 10.6 Å². The molecule has 1 saturated carbocycles. The van der Waals surface area contributed by atoms with Crippen LogP contribution in [0.4, 0.5) is 0 Å². The number of halogens is 2. The number of nitrogens with one attached hydrogen (secondary N) is 2. The summed E-state index contributed by atoms with van der Waals surface area (Å²) in [6, 6.07) is 8.10. The van der Waals surface area contributed by atoms with Crippen LogP contribution in [0.15, 0.2) is 41.7 Å². The number of aliphatic imine (C=N–C) groups is 1. The van der Waals surface area contributed by atoms with Gasteiger partial charge in [-0.15, -0.1) is 24.0 Å². The lowest BCUT2D eigenvalue weighted by Gasteiger charge is -2.22. The predicted octanol–water partition coefficient (Wildman–Crippen LogP) is 3.19. The Kier molecular flexibility index (Phi) is 7.75. The first-order valence-electron chi connectivity index (χ1n) is 9.34. The van der Waals surface area contributed by atoms with E-state index in [4.69, 9.17) is 11.6 Å². The average Bonchev–Trinajstić information content (AvgIpc) is 3.30. The molecule has 2 aromatic rings. The molecule has 1 heterocycles. The Balaban J connectivity index is 0.00000280. The maximum absolute atomic E-state index is 10.7. The highest BCUT2D eigenvalue weighted by Gasteiger charge is 2.44. The fourth-order valence-electron chi connectivity index (χ4n) is 3.14. The number of benzene rings is 1. The van der Waals surface area contributed by atoms with E-state index in [1.807, 2.05) is 32.3 Å². The van der Waals surface area contributed by atoms with E-state index in [-0.39, 0.29) is 35.9 Å². The van der Waals surface area contributed by atoms with Gasteiger partial charge < -0.3 is 15.7 Å². The van der Waals surface area contributed by atoms with Crippen LogP contribution in [0.25, 0.3) is 0 Å². The minimum Gasteiger partial charge on any atom is -0.383 e. The normalized spacial score (nSPS) is 17.4. The Morgan fingerprint density at radius 2 is 2.00 bits per heavy atom. The van der Waals surface area contributed by atoms with Crippen LogP contribution in [0.5, 0.6) is 0 Å². The van der Waals surface area contributed by atoms with Crippen LogP contribution in [0.3, 0.4) is 0 Å². The van der Waals surface area contributed by atoms with Crippen LogP contribution in [0, 0.1) is 0 Å². The van der Waals surface area contributed by atoms with Gasteiger partial charge in [0.1, 0.15) is 5.60 Å². The molecule has 0 amide bonds. The molecule has 0 bridgehead atoms. The maximum atomic E-state index is 10.7. The minimum atomic E-state index is -1.07. The van der Waals surface area contributed by atoms with Crippen molar-refractivity contribution in [2.75, 3.05) is 19.6 Å². The van der Waals surface area contributed by atoms with Crippen molar-refractivity contribution in [1.29, 1.82) is 0 Å². The fraction of sp³-hybridized carbons (Fsp3) is 0.500. The topological polar surface area (TPSA) is 74.5 Å². The van der Waals surface area contributed by atoms with E-state index in [0.29, 0.717) is 5.96 Å². The standard InChI is InChI=1S/C20H28ClN5O.HI/c1-4-22-18(23-13-19(2,27)16-11-25-26(3)12-16)24-14-20(9-10-20)15-5-7-17(21)8-6-15;/h5-8,11-12,27H,4,9-10,13-14H2,1-3H3,(H2,22,23,24);1H. The zero-order valence-corrected chi connectivity index (χ0v) is 19.7. The number of rotatable bonds is 7. The quantitative estimate of drug-likeness (QED) is 0.300. The van der Waals surface area contributed by atoms with Gasteiger partial charge in [-0.1, -0.05) is 23.7 Å². The average molecular weight is 518 g/mol. The molecule has 1 unspecified atom stereocenters. The zero-order valence-electron chi connectivity index (χ0n) is 16.6. The zero-order chi connectivity index (χ0) is 19.5. The van der Waals surface area contributed by atoms with E-state index in [1.165, 1.54) is 5.56 Å². The summed E-state index contributed by atoms with van der Waals surface area (Å²) < 4.78 is 1.68. The first kappa shape index (κ1) is 23.0. The molecule has 0 radical (unpaired) electrons. The van der Waals surface area contributed by atoms with E-state index in [2.05, 4.69) is 32.9 Å². The number of aryl methyl sites for hydroxylation is 1. The lowest BCUT2D eigenvalue weighted by atomic mass is 9.96. The molecule has 0 spiro atoms. The molecule has 154 valence electrons. The van der Waals surface area contributed by atoms with E-state index < -0.39 is 5.60 Å². The van der Waals surface area contributed by atoms with Crippen molar-refractivity contribution in [3.8, 4) is 0 Å². The summed E-state index contributed by atoms with van der Waals surface area (Å²) in [6.07, 6.45) is 5.79. The summed E-state index contributed by atoms with van der Waals surface area (Å²) in [5, 5.41) is 22.3. The molecule has 1 aliphatic rings. The van der Waals surface area contributed by atoms with Crippen molar-refractivity contribution in [3.63, 3.8) is 0 Å². The van der Waals surface area contributed by atoms with Gasteiger partial charge in [0.2, 0.25) is 0 Å². The van der Waals surface area contributed by atoms with Gasteiger partial charge in [0.15, 0.2) is 5.96 Å². The van der Waals surface area contributed by atoms with Gasteiger partial charge in [-0.2, -0.15) is 5.10 Å². The van der Waals surface area contributed by atoms with Crippen molar-refractivity contribution in [3.05, 3.63) is 52.8 Å². The number of nitrogens with zero attached hydrogens (tertiary/aromatic N) is 3. The highest BCUT2D eigenvalue weighted by atomic mass is 127. The number of aromatic nitrogens is 2. The first-order chi connectivity index (χ1) is 12.8. The molecule has 1 aliphatic carbocycles. The van der Waals surface area contributed by atoms with E-state index in [1.54, 1.807) is 17.8 Å². The smallest absolute Gasteiger partial charge is 0.191 e. The Bertz CT molecular complexity index is 799. The molecule has 1 atom stereocenters. The summed E-state index contributed by atoms with van der Waals surface area (Å²) in [5.41, 5.74) is 1.14. The summed E-state index contributed by atoms with van der Waals surface area (Å²) in [5.74, 6) is 0.710. The number of hydrogen-bond acceptors (Lipinski definition) is 3. The molecule has 0 saturated heterocycles. The molecule has 28 heavy (non-hydrogen) atoms. The summed E-state index contributed by atoms with van der Waals surface area (Å²) in [4.78, 5) is 4.60. The van der Waals surface area contributed by atoms with Gasteiger partial charge >= 0.3 is 0 Å². The third-order valence-corrected chi connectivity index (χ3v) is 5.37. The Morgan fingerprint density at radius 3 is 2.54 bits per heavy atom. The molecule has 3 N–H and O–H groups in total. The lowest BCUT2D eigenvalue weighted by Crippen LogP contribution is -2.42. The number of aliphatic hydroxyl groups is 1. The molecular formula is C20H29ClIN5O. The fourth-order valence-corrected chi connectivity index (χ4v) is 3.27. The Hall–Kier alpha value is -1.32. The first-order valence-corrected chi connectivity index (χ1v) is 9.72. The van der Waals surface area contributed by atoms with Gasteiger partial charge in [0.25, 0.3) is 0 Å². The number of guanidine groups is 1. The predicted molar refractivity (Wildman–Crippen MR) is 125 cm³/mol. The van der Waals surface area contributed by atoms with Crippen molar-refractivity contribution in [2.24, 2.45) is 12.0 Å². The lowest BCUT2D eigenvalue weighted by molar-refractivity contribution is 0.0672. The van der Waals surface area contributed by atoms with Crippen molar-refractivity contribution < 1.29 is 5.11 Å². The second-order valence-electron chi connectivity index (χ2n) is 7.51. The van der Waals surface area contributed by atoms with E-state index >= 15 is 0 Å². The van der Waals surface area contributed by atoms with Crippen LogP contribution in [0.2, 0.25) is 5.02 Å². The highest BCUT2D eigenvalue weighted by molar-refractivity contribution is 14.0. The van der Waals surface area contributed by atoms with E-state index in [0.717, 1.165) is 36.5 Å².